The molecule has 0 radical (unpaired) electrons. The van der Waals surface area contributed by atoms with Crippen LogP contribution in [-0.2, 0) is 6.42 Å². The largest absolute Gasteiger partial charge is 0.330 e. The van der Waals surface area contributed by atoms with Gasteiger partial charge in [0.1, 0.15) is 0 Å². The lowest BCUT2D eigenvalue weighted by molar-refractivity contribution is 0.220. The maximum absolute atomic E-state index is 5.57. The molecule has 2 nitrogen and oxygen atoms in total. The molecule has 2 heteroatoms. The van der Waals surface area contributed by atoms with Gasteiger partial charge in [-0.1, -0.05) is 24.3 Å². The van der Waals surface area contributed by atoms with Gasteiger partial charge in [0.25, 0.3) is 0 Å². The van der Waals surface area contributed by atoms with E-state index >= 15 is 0 Å². The molecule has 2 rings (SSSR count). The Balaban J connectivity index is 2.12. The second kappa shape index (κ2) is 5.46. The van der Waals surface area contributed by atoms with Crippen LogP contribution in [0.5, 0.6) is 0 Å². The molecule has 1 aromatic rings. The molecule has 1 aromatic carbocycles. The van der Waals surface area contributed by atoms with E-state index in [1.165, 1.54) is 24.8 Å². The molecule has 1 aliphatic rings. The van der Waals surface area contributed by atoms with Crippen LogP contribution in [-0.4, -0.2) is 25.0 Å². The Morgan fingerprint density at radius 1 is 1.38 bits per heavy atom. The van der Waals surface area contributed by atoms with Crippen molar-refractivity contribution in [2.75, 3.05) is 20.1 Å². The monoisotopic (exact) mass is 218 g/mol. The number of hydrogen-bond donors (Lipinski definition) is 1. The molecule has 2 N–H and O–H groups in total. The zero-order valence-corrected chi connectivity index (χ0v) is 10.2. The molecule has 0 aliphatic heterocycles. The van der Waals surface area contributed by atoms with Crippen LogP contribution in [0.15, 0.2) is 24.3 Å². The fraction of sp³-hybridized carbons (Fsp3) is 0.571. The predicted octanol–water partition coefficient (Wildman–Crippen LogP) is 2.34. The molecule has 0 saturated heterocycles. The van der Waals surface area contributed by atoms with E-state index in [2.05, 4.69) is 36.2 Å². The Morgan fingerprint density at radius 3 is 3.00 bits per heavy atom. The minimum absolute atomic E-state index is 0.608. The van der Waals surface area contributed by atoms with Crippen molar-refractivity contribution in [2.24, 2.45) is 5.73 Å². The third-order valence-corrected chi connectivity index (χ3v) is 3.58. The number of fused-ring (bicyclic) bond motifs is 1. The van der Waals surface area contributed by atoms with Gasteiger partial charge in [-0.25, -0.2) is 0 Å². The Labute approximate surface area is 98.4 Å². The van der Waals surface area contributed by atoms with Gasteiger partial charge in [0.05, 0.1) is 0 Å². The lowest BCUT2D eigenvalue weighted by Gasteiger charge is -2.33. The van der Waals surface area contributed by atoms with Crippen molar-refractivity contribution in [2.45, 2.75) is 31.7 Å². The lowest BCUT2D eigenvalue weighted by Crippen LogP contribution is -2.29. The van der Waals surface area contributed by atoms with Crippen molar-refractivity contribution < 1.29 is 0 Å². The average molecular weight is 218 g/mol. The predicted molar refractivity (Wildman–Crippen MR) is 68.4 cm³/mol. The number of rotatable bonds is 4. The second-order valence-corrected chi connectivity index (χ2v) is 4.73. The molecule has 0 fully saturated rings. The molecule has 1 unspecified atom stereocenters. The van der Waals surface area contributed by atoms with Crippen molar-refractivity contribution in [1.82, 2.24) is 4.90 Å². The first-order valence-corrected chi connectivity index (χ1v) is 6.31. The van der Waals surface area contributed by atoms with Gasteiger partial charge in [-0.05, 0) is 56.9 Å². The molecule has 16 heavy (non-hydrogen) atoms. The highest BCUT2D eigenvalue weighted by Gasteiger charge is 2.22. The van der Waals surface area contributed by atoms with Crippen molar-refractivity contribution in [1.29, 1.82) is 0 Å². The van der Waals surface area contributed by atoms with Gasteiger partial charge in [-0.2, -0.15) is 0 Å². The second-order valence-electron chi connectivity index (χ2n) is 4.73. The summed E-state index contributed by atoms with van der Waals surface area (Å²) >= 11 is 0. The first-order chi connectivity index (χ1) is 7.83. The Bertz CT molecular complexity index is 335. The molecule has 0 amide bonds. The summed E-state index contributed by atoms with van der Waals surface area (Å²) in [4.78, 5) is 2.46. The van der Waals surface area contributed by atoms with Gasteiger partial charge in [0, 0.05) is 6.04 Å². The molecule has 88 valence electrons. The van der Waals surface area contributed by atoms with E-state index in [4.69, 9.17) is 5.73 Å². The summed E-state index contributed by atoms with van der Waals surface area (Å²) in [6.07, 6.45) is 4.94. The van der Waals surface area contributed by atoms with E-state index in [1.807, 2.05) is 0 Å². The summed E-state index contributed by atoms with van der Waals surface area (Å²) in [5, 5.41) is 0. The first-order valence-electron chi connectivity index (χ1n) is 6.31. The molecule has 0 aromatic heterocycles. The quantitative estimate of drug-likeness (QED) is 0.840. The molecule has 1 aliphatic carbocycles. The number of nitrogens with zero attached hydrogens (tertiary/aromatic N) is 1. The van der Waals surface area contributed by atoms with E-state index < -0.39 is 0 Å². The van der Waals surface area contributed by atoms with Crippen LogP contribution in [0.4, 0.5) is 0 Å². The van der Waals surface area contributed by atoms with Crippen LogP contribution < -0.4 is 5.73 Å². The maximum Gasteiger partial charge on any atom is 0.0347 e. The van der Waals surface area contributed by atoms with E-state index in [0.717, 1.165) is 19.5 Å². The van der Waals surface area contributed by atoms with Crippen molar-refractivity contribution >= 4 is 0 Å². The molecule has 0 saturated carbocycles. The minimum atomic E-state index is 0.608. The van der Waals surface area contributed by atoms with E-state index in [9.17, 15) is 0 Å². The smallest absolute Gasteiger partial charge is 0.0347 e. The summed E-state index contributed by atoms with van der Waals surface area (Å²) in [5.74, 6) is 0. The van der Waals surface area contributed by atoms with Gasteiger partial charge >= 0.3 is 0 Å². The molecule has 1 atom stereocenters. The number of nitrogens with two attached hydrogens (primary N) is 1. The van der Waals surface area contributed by atoms with E-state index in [-0.39, 0.29) is 0 Å². The van der Waals surface area contributed by atoms with Gasteiger partial charge in [-0.3, -0.25) is 4.90 Å². The first kappa shape index (κ1) is 11.6. The standard InChI is InChI=1S/C14H22N2/c1-16(11-5-10-15)14-9-4-7-12-6-2-3-8-13(12)14/h2-3,6,8,14H,4-5,7,9-11,15H2,1H3. The van der Waals surface area contributed by atoms with Crippen LogP contribution in [0.2, 0.25) is 0 Å². The topological polar surface area (TPSA) is 29.3 Å². The summed E-state index contributed by atoms with van der Waals surface area (Å²) in [7, 11) is 2.22. The fourth-order valence-corrected chi connectivity index (χ4v) is 2.68. The van der Waals surface area contributed by atoms with Gasteiger partial charge in [0.2, 0.25) is 0 Å². The highest BCUT2D eigenvalue weighted by molar-refractivity contribution is 5.32. The Morgan fingerprint density at radius 2 is 2.19 bits per heavy atom. The summed E-state index contributed by atoms with van der Waals surface area (Å²) in [6, 6.07) is 9.49. The van der Waals surface area contributed by atoms with Crippen LogP contribution in [0.3, 0.4) is 0 Å². The van der Waals surface area contributed by atoms with Crippen LogP contribution in [0.25, 0.3) is 0 Å². The van der Waals surface area contributed by atoms with Gasteiger partial charge in [0.15, 0.2) is 0 Å². The van der Waals surface area contributed by atoms with Crippen LogP contribution in [0.1, 0.15) is 36.4 Å². The summed E-state index contributed by atoms with van der Waals surface area (Å²) < 4.78 is 0. The van der Waals surface area contributed by atoms with Gasteiger partial charge < -0.3 is 5.73 Å². The van der Waals surface area contributed by atoms with Crippen molar-refractivity contribution in [3.8, 4) is 0 Å². The molecule has 0 heterocycles. The maximum atomic E-state index is 5.57. The summed E-state index contributed by atoms with van der Waals surface area (Å²) in [5.41, 5.74) is 8.65. The number of aryl methyl sites for hydroxylation is 1. The van der Waals surface area contributed by atoms with Crippen molar-refractivity contribution in [3.63, 3.8) is 0 Å². The fourth-order valence-electron chi connectivity index (χ4n) is 2.68. The third-order valence-electron chi connectivity index (χ3n) is 3.58. The highest BCUT2D eigenvalue weighted by Crippen LogP contribution is 2.33. The highest BCUT2D eigenvalue weighted by atomic mass is 15.1. The molecule has 0 bridgehead atoms. The molecular weight excluding hydrogens is 196 g/mol. The molecular formula is C14H22N2. The lowest BCUT2D eigenvalue weighted by atomic mass is 9.87. The minimum Gasteiger partial charge on any atom is -0.330 e. The number of hydrogen-bond acceptors (Lipinski definition) is 2. The average Bonchev–Trinajstić information content (AvgIpc) is 2.35. The normalized spacial score (nSPS) is 19.8. The molecule has 0 spiro atoms. The summed E-state index contributed by atoms with van der Waals surface area (Å²) in [6.45, 7) is 1.90. The Hall–Kier alpha value is -0.860. The zero-order valence-electron chi connectivity index (χ0n) is 10.2. The SMILES string of the molecule is CN(CCCN)C1CCCc2ccccc21. The van der Waals surface area contributed by atoms with E-state index in [1.54, 1.807) is 5.56 Å². The van der Waals surface area contributed by atoms with Crippen LogP contribution in [0, 0.1) is 0 Å². The Kier molecular flexibility index (Phi) is 3.97. The van der Waals surface area contributed by atoms with Crippen LogP contribution >= 0.6 is 0 Å². The number of benzene rings is 1. The van der Waals surface area contributed by atoms with Gasteiger partial charge in [-0.15, -0.1) is 0 Å². The van der Waals surface area contributed by atoms with E-state index in [0.29, 0.717) is 6.04 Å². The zero-order chi connectivity index (χ0) is 11.4. The van der Waals surface area contributed by atoms with Crippen molar-refractivity contribution in [3.05, 3.63) is 35.4 Å². The third kappa shape index (κ3) is 2.45.